The Morgan fingerprint density at radius 1 is 1.03 bits per heavy atom. The van der Waals surface area contributed by atoms with Crippen molar-refractivity contribution in [1.82, 2.24) is 20.1 Å². The Morgan fingerprint density at radius 2 is 1.91 bits per heavy atom. The predicted molar refractivity (Wildman–Crippen MR) is 122 cm³/mol. The largest absolute Gasteiger partial charge is 0.352 e. The molecule has 1 aromatic heterocycles. The molecule has 0 spiro atoms. The molecule has 1 unspecified atom stereocenters. The van der Waals surface area contributed by atoms with Crippen LogP contribution in [0.15, 0.2) is 36.5 Å². The lowest BCUT2D eigenvalue weighted by atomic mass is 10.0. The van der Waals surface area contributed by atoms with Gasteiger partial charge in [0.25, 0.3) is 11.8 Å². The molecule has 34 heavy (non-hydrogen) atoms. The van der Waals surface area contributed by atoms with E-state index in [0.717, 1.165) is 36.3 Å². The highest BCUT2D eigenvalue weighted by molar-refractivity contribution is 6.06. The predicted octanol–water partition coefficient (Wildman–Crippen LogP) is 1.47. The van der Waals surface area contributed by atoms with E-state index in [1.165, 1.54) is 4.90 Å². The molecule has 4 aliphatic heterocycles. The van der Waals surface area contributed by atoms with Crippen molar-refractivity contribution in [2.75, 3.05) is 18.0 Å². The van der Waals surface area contributed by atoms with E-state index in [4.69, 9.17) is 0 Å². The first-order chi connectivity index (χ1) is 16.5. The van der Waals surface area contributed by atoms with Crippen LogP contribution in [0.4, 0.5) is 5.82 Å². The monoisotopic (exact) mass is 459 g/mol. The van der Waals surface area contributed by atoms with Gasteiger partial charge in [-0.3, -0.25) is 24.5 Å². The zero-order chi connectivity index (χ0) is 23.4. The van der Waals surface area contributed by atoms with E-state index in [1.54, 1.807) is 24.4 Å². The molecule has 2 saturated heterocycles. The fourth-order valence-corrected chi connectivity index (χ4v) is 5.69. The summed E-state index contributed by atoms with van der Waals surface area (Å²) in [4.78, 5) is 60.7. The van der Waals surface area contributed by atoms with Crippen molar-refractivity contribution in [1.29, 1.82) is 0 Å². The lowest BCUT2D eigenvalue weighted by molar-refractivity contribution is -0.136. The number of piperidine rings is 1. The molecule has 0 saturated carbocycles. The van der Waals surface area contributed by atoms with Gasteiger partial charge in [0.2, 0.25) is 11.8 Å². The molecule has 2 fully saturated rings. The highest BCUT2D eigenvalue weighted by Gasteiger charge is 2.40. The molecular weight excluding hydrogens is 434 g/mol. The number of nitrogens with one attached hydrogen (secondary N) is 1. The number of fused-ring (bicyclic) bond motifs is 4. The van der Waals surface area contributed by atoms with E-state index < -0.39 is 11.9 Å². The molecule has 2 aromatic rings. The van der Waals surface area contributed by atoms with Crippen molar-refractivity contribution in [3.8, 4) is 0 Å². The number of anilines is 1. The summed E-state index contributed by atoms with van der Waals surface area (Å²) >= 11 is 0. The van der Waals surface area contributed by atoms with Crippen molar-refractivity contribution < 1.29 is 19.2 Å². The maximum Gasteiger partial charge on any atom is 0.255 e. The molecule has 1 aromatic carbocycles. The van der Waals surface area contributed by atoms with E-state index in [0.29, 0.717) is 30.6 Å². The van der Waals surface area contributed by atoms with Crippen molar-refractivity contribution in [3.63, 3.8) is 0 Å². The minimum atomic E-state index is -0.667. The summed E-state index contributed by atoms with van der Waals surface area (Å²) in [6.45, 7) is 2.33. The van der Waals surface area contributed by atoms with Gasteiger partial charge >= 0.3 is 0 Å². The van der Waals surface area contributed by atoms with Gasteiger partial charge in [-0.05, 0) is 49.1 Å². The number of aromatic nitrogens is 1. The second-order valence-corrected chi connectivity index (χ2v) is 9.43. The van der Waals surface area contributed by atoms with Crippen LogP contribution in [0.2, 0.25) is 0 Å². The Labute approximate surface area is 196 Å². The second kappa shape index (κ2) is 7.93. The highest BCUT2D eigenvalue weighted by atomic mass is 16.2. The Bertz CT molecular complexity index is 1230. The number of nitrogens with zero attached hydrogens (tertiary/aromatic N) is 4. The summed E-state index contributed by atoms with van der Waals surface area (Å²) in [5.41, 5.74) is 2.82. The Morgan fingerprint density at radius 3 is 2.76 bits per heavy atom. The second-order valence-electron chi connectivity index (χ2n) is 9.43. The summed E-state index contributed by atoms with van der Waals surface area (Å²) in [6.07, 6.45) is 4.44. The standard InChI is InChI=1S/C25H25N5O4/c31-21-8-7-20(23(32)27-21)30-13-17-11-15(5-6-19(17)25(30)34)24(33)28-12-16-3-1-9-26-22(16)29-10-2-4-18(29)14-28/h1,3,5-6,9,11,18,20H,2,4,7-8,10,12-14H2,(H,27,31,32)/t18-,20?/m0/s1. The number of rotatable bonds is 2. The smallest absolute Gasteiger partial charge is 0.255 e. The Hall–Kier alpha value is -3.75. The van der Waals surface area contributed by atoms with Crippen LogP contribution >= 0.6 is 0 Å². The van der Waals surface area contributed by atoms with Gasteiger partial charge in [-0.15, -0.1) is 0 Å². The maximum absolute atomic E-state index is 13.6. The van der Waals surface area contributed by atoms with Crippen molar-refractivity contribution in [2.24, 2.45) is 0 Å². The number of pyridine rings is 1. The highest BCUT2D eigenvalue weighted by Crippen LogP contribution is 2.33. The van der Waals surface area contributed by atoms with Crippen LogP contribution in [-0.4, -0.2) is 63.6 Å². The molecule has 9 nitrogen and oxygen atoms in total. The molecule has 4 aliphatic rings. The van der Waals surface area contributed by atoms with Gasteiger partial charge in [0, 0.05) is 61.5 Å². The third-order valence-corrected chi connectivity index (χ3v) is 7.37. The first-order valence-electron chi connectivity index (χ1n) is 11.8. The average molecular weight is 460 g/mol. The minimum Gasteiger partial charge on any atom is -0.352 e. The van der Waals surface area contributed by atoms with E-state index in [2.05, 4.69) is 15.2 Å². The van der Waals surface area contributed by atoms with E-state index in [1.807, 2.05) is 17.0 Å². The lowest BCUT2D eigenvalue weighted by Gasteiger charge is -2.29. The normalized spacial score (nSPS) is 23.9. The summed E-state index contributed by atoms with van der Waals surface area (Å²) in [7, 11) is 0. The quantitative estimate of drug-likeness (QED) is 0.683. The molecule has 6 rings (SSSR count). The first kappa shape index (κ1) is 20.8. The molecule has 5 heterocycles. The maximum atomic E-state index is 13.6. The van der Waals surface area contributed by atoms with Crippen molar-refractivity contribution >= 4 is 29.4 Å². The van der Waals surface area contributed by atoms with Gasteiger partial charge < -0.3 is 14.7 Å². The summed E-state index contributed by atoms with van der Waals surface area (Å²) < 4.78 is 0. The molecule has 9 heteroatoms. The van der Waals surface area contributed by atoms with Gasteiger partial charge in [0.05, 0.1) is 0 Å². The van der Waals surface area contributed by atoms with Gasteiger partial charge in [0.15, 0.2) is 0 Å². The van der Waals surface area contributed by atoms with Gasteiger partial charge in [-0.2, -0.15) is 0 Å². The molecular formula is C25H25N5O4. The van der Waals surface area contributed by atoms with Crippen LogP contribution in [-0.2, 0) is 22.7 Å². The number of carbonyl (C=O) groups is 4. The van der Waals surface area contributed by atoms with Crippen molar-refractivity contribution in [2.45, 2.75) is 50.9 Å². The number of amides is 4. The van der Waals surface area contributed by atoms with Crippen molar-refractivity contribution in [3.05, 3.63) is 58.8 Å². The summed E-state index contributed by atoms with van der Waals surface area (Å²) in [5, 5.41) is 2.32. The average Bonchev–Trinajstić information content (AvgIpc) is 3.38. The molecule has 1 N–H and O–H groups in total. The number of benzene rings is 1. The molecule has 4 amide bonds. The topological polar surface area (TPSA) is 103 Å². The van der Waals surface area contributed by atoms with Crippen LogP contribution < -0.4 is 10.2 Å². The van der Waals surface area contributed by atoms with E-state index >= 15 is 0 Å². The molecule has 0 radical (unpaired) electrons. The first-order valence-corrected chi connectivity index (χ1v) is 11.8. The number of hydrogen-bond donors (Lipinski definition) is 1. The lowest BCUT2D eigenvalue weighted by Crippen LogP contribution is -2.52. The third-order valence-electron chi connectivity index (χ3n) is 7.37. The number of imide groups is 1. The van der Waals surface area contributed by atoms with Gasteiger partial charge in [-0.1, -0.05) is 6.07 Å². The van der Waals surface area contributed by atoms with Crippen LogP contribution in [0.5, 0.6) is 0 Å². The Kier molecular flexibility index (Phi) is 4.86. The zero-order valence-corrected chi connectivity index (χ0v) is 18.7. The zero-order valence-electron chi connectivity index (χ0n) is 18.7. The van der Waals surface area contributed by atoms with E-state index in [-0.39, 0.29) is 36.7 Å². The van der Waals surface area contributed by atoms with Crippen LogP contribution in [0.3, 0.4) is 0 Å². The summed E-state index contributed by atoms with van der Waals surface area (Å²) in [5.74, 6) is -0.0853. The van der Waals surface area contributed by atoms with Crippen LogP contribution in [0.25, 0.3) is 0 Å². The Balaban J connectivity index is 1.25. The molecule has 0 bridgehead atoms. The minimum absolute atomic E-state index is 0.0711. The van der Waals surface area contributed by atoms with Crippen LogP contribution in [0, 0.1) is 0 Å². The molecule has 2 atom stereocenters. The van der Waals surface area contributed by atoms with Gasteiger partial charge in [0.1, 0.15) is 11.9 Å². The fourth-order valence-electron chi connectivity index (χ4n) is 5.69. The van der Waals surface area contributed by atoms with Crippen LogP contribution in [0.1, 0.15) is 57.5 Å². The number of hydrogen-bond acceptors (Lipinski definition) is 6. The van der Waals surface area contributed by atoms with E-state index in [9.17, 15) is 19.2 Å². The fraction of sp³-hybridized carbons (Fsp3) is 0.400. The number of carbonyl (C=O) groups excluding carboxylic acids is 4. The third kappa shape index (κ3) is 3.34. The molecule has 174 valence electrons. The molecule has 0 aliphatic carbocycles. The van der Waals surface area contributed by atoms with Gasteiger partial charge in [-0.25, -0.2) is 4.98 Å². The summed E-state index contributed by atoms with van der Waals surface area (Å²) in [6, 6.07) is 8.69. The SMILES string of the molecule is O=C1CCC(N2Cc3cc(C(=O)N4Cc5cccnc5N5CCC[C@H]5C4)ccc3C2=O)C(=O)N1.